The molecule has 0 radical (unpaired) electrons. The van der Waals surface area contributed by atoms with E-state index in [-0.39, 0.29) is 4.75 Å². The van der Waals surface area contributed by atoms with Crippen LogP contribution < -0.4 is 5.73 Å². The molecule has 0 aliphatic heterocycles. The maximum Gasteiger partial charge on any atom is 0.202 e. The molecule has 0 unspecified atom stereocenters. The highest BCUT2D eigenvalue weighted by Gasteiger charge is 2.32. The van der Waals surface area contributed by atoms with E-state index in [4.69, 9.17) is 5.73 Å². The Morgan fingerprint density at radius 3 is 2.85 bits per heavy atom. The van der Waals surface area contributed by atoms with Crippen LogP contribution in [0.2, 0.25) is 0 Å². The van der Waals surface area contributed by atoms with Gasteiger partial charge in [0.25, 0.3) is 0 Å². The fraction of sp³-hybridized carbons (Fsp3) is 0.571. The van der Waals surface area contributed by atoms with Crippen molar-refractivity contribution in [1.29, 1.82) is 0 Å². The molecule has 3 rings (SSSR count). The van der Waals surface area contributed by atoms with Gasteiger partial charge in [-0.25, -0.2) is 9.97 Å². The van der Waals surface area contributed by atoms with Crippen LogP contribution in [0.4, 0.5) is 5.95 Å². The van der Waals surface area contributed by atoms with Crippen LogP contribution in [0.1, 0.15) is 32.1 Å². The molecule has 2 heterocycles. The lowest BCUT2D eigenvalue weighted by Crippen LogP contribution is -2.33. The Kier molecular flexibility index (Phi) is 3.95. The van der Waals surface area contributed by atoms with E-state index in [9.17, 15) is 0 Å². The first kappa shape index (κ1) is 14.2. The highest BCUT2D eigenvalue weighted by Crippen LogP contribution is 2.40. The summed E-state index contributed by atoms with van der Waals surface area (Å²) in [5.74, 6) is 0.574. The first-order valence-electron chi connectivity index (χ1n) is 6.96. The second-order valence-corrected chi connectivity index (χ2v) is 7.69. The summed E-state index contributed by atoms with van der Waals surface area (Å²) in [4.78, 5) is 8.94. The lowest BCUT2D eigenvalue weighted by molar-refractivity contribution is 0.362. The summed E-state index contributed by atoms with van der Waals surface area (Å²) in [6.07, 6.45) is 10.5. The molecule has 20 heavy (non-hydrogen) atoms. The van der Waals surface area contributed by atoms with E-state index in [0.29, 0.717) is 5.95 Å². The third kappa shape index (κ3) is 2.55. The molecule has 1 fully saturated rings. The zero-order valence-corrected chi connectivity index (χ0v) is 14.0. The normalized spacial score (nSPS) is 18.5. The quantitative estimate of drug-likeness (QED) is 0.909. The molecule has 1 saturated carbocycles. The van der Waals surface area contributed by atoms with Gasteiger partial charge in [0.2, 0.25) is 5.95 Å². The van der Waals surface area contributed by atoms with E-state index in [1.54, 1.807) is 0 Å². The number of imidazole rings is 1. The Bertz CT molecular complexity index is 619. The van der Waals surface area contributed by atoms with Crippen LogP contribution in [0.5, 0.6) is 0 Å². The average molecular weight is 355 g/mol. The van der Waals surface area contributed by atoms with Crippen molar-refractivity contribution in [3.63, 3.8) is 0 Å². The van der Waals surface area contributed by atoms with Crippen molar-refractivity contribution >= 4 is 44.8 Å². The Balaban J connectivity index is 1.99. The maximum absolute atomic E-state index is 6.12. The van der Waals surface area contributed by atoms with E-state index in [1.807, 2.05) is 24.0 Å². The van der Waals surface area contributed by atoms with Crippen molar-refractivity contribution < 1.29 is 0 Å². The number of rotatable bonds is 3. The summed E-state index contributed by atoms with van der Waals surface area (Å²) in [5, 5.41) is 0. The predicted octanol–water partition coefficient (Wildman–Crippen LogP) is 3.84. The molecule has 0 saturated heterocycles. The summed E-state index contributed by atoms with van der Waals surface area (Å²) in [5.41, 5.74) is 7.88. The van der Waals surface area contributed by atoms with E-state index >= 15 is 0 Å². The number of fused-ring (bicyclic) bond motifs is 1. The predicted molar refractivity (Wildman–Crippen MR) is 89.0 cm³/mol. The van der Waals surface area contributed by atoms with Gasteiger partial charge >= 0.3 is 0 Å². The van der Waals surface area contributed by atoms with E-state index in [1.165, 1.54) is 32.1 Å². The zero-order chi connectivity index (χ0) is 14.2. The number of thioether (sulfide) groups is 1. The minimum absolute atomic E-state index is 0.286. The number of nitrogens with two attached hydrogens (primary N) is 1. The Morgan fingerprint density at radius 1 is 1.40 bits per heavy atom. The molecule has 0 atom stereocenters. The minimum atomic E-state index is 0.286. The summed E-state index contributed by atoms with van der Waals surface area (Å²) in [6, 6.07) is 1.97. The molecule has 108 valence electrons. The Morgan fingerprint density at radius 2 is 2.15 bits per heavy atom. The molecule has 0 aromatic carbocycles. The van der Waals surface area contributed by atoms with Gasteiger partial charge in [-0.05, 0) is 41.1 Å². The average Bonchev–Trinajstić information content (AvgIpc) is 2.75. The highest BCUT2D eigenvalue weighted by atomic mass is 79.9. The number of pyridine rings is 1. The van der Waals surface area contributed by atoms with Gasteiger partial charge in [0, 0.05) is 22.0 Å². The first-order valence-corrected chi connectivity index (χ1v) is 8.98. The molecule has 2 aromatic heterocycles. The van der Waals surface area contributed by atoms with Crippen LogP contribution in [0.15, 0.2) is 16.7 Å². The van der Waals surface area contributed by atoms with Crippen molar-refractivity contribution in [2.45, 2.75) is 43.4 Å². The zero-order valence-electron chi connectivity index (χ0n) is 11.6. The summed E-state index contributed by atoms with van der Waals surface area (Å²) >= 11 is 5.40. The number of hydrogen-bond acceptors (Lipinski definition) is 4. The first-order chi connectivity index (χ1) is 9.63. The van der Waals surface area contributed by atoms with Gasteiger partial charge in [-0.15, -0.1) is 0 Å². The maximum atomic E-state index is 6.12. The van der Waals surface area contributed by atoms with Gasteiger partial charge in [-0.2, -0.15) is 11.8 Å². The molecule has 1 aliphatic rings. The molecular weight excluding hydrogens is 336 g/mol. The van der Waals surface area contributed by atoms with Crippen molar-refractivity contribution in [3.05, 3.63) is 16.7 Å². The fourth-order valence-corrected chi connectivity index (χ4v) is 4.35. The van der Waals surface area contributed by atoms with Crippen LogP contribution >= 0.6 is 27.7 Å². The molecule has 2 aromatic rings. The fourth-order valence-electron chi connectivity index (χ4n) is 3.07. The number of nitrogens with zero attached hydrogens (tertiary/aromatic N) is 3. The largest absolute Gasteiger partial charge is 0.369 e. The monoisotopic (exact) mass is 354 g/mol. The summed E-state index contributed by atoms with van der Waals surface area (Å²) < 4.78 is 3.31. The van der Waals surface area contributed by atoms with Crippen LogP contribution in [-0.4, -0.2) is 25.5 Å². The van der Waals surface area contributed by atoms with Gasteiger partial charge < -0.3 is 5.73 Å². The molecule has 1 aliphatic carbocycles. The molecule has 2 N–H and O–H groups in total. The summed E-state index contributed by atoms with van der Waals surface area (Å²) in [7, 11) is 0. The molecule has 0 spiro atoms. The third-order valence-electron chi connectivity index (χ3n) is 4.23. The van der Waals surface area contributed by atoms with Crippen molar-refractivity contribution in [1.82, 2.24) is 14.5 Å². The molecule has 4 nitrogen and oxygen atoms in total. The van der Waals surface area contributed by atoms with E-state index in [2.05, 4.69) is 36.7 Å². The van der Waals surface area contributed by atoms with Crippen LogP contribution in [0.25, 0.3) is 11.2 Å². The Labute approximate surface area is 131 Å². The number of hydrogen-bond donors (Lipinski definition) is 1. The number of nitrogen functional groups attached to an aromatic ring is 1. The molecular formula is C14H19BrN4S. The molecule has 0 amide bonds. The standard InChI is InChI=1S/C14H19BrN4S/c1-20-14(5-3-2-4-6-14)9-19-12-11(18-13(19)16)7-10(15)8-17-12/h7-8H,2-6,9H2,1H3,(H2,16,18). The van der Waals surface area contributed by atoms with Crippen molar-refractivity contribution in [3.8, 4) is 0 Å². The number of anilines is 1. The second-order valence-electron chi connectivity index (χ2n) is 5.50. The SMILES string of the molecule is CSC1(Cn2c(N)nc3cc(Br)cnc32)CCCCC1. The second kappa shape index (κ2) is 5.56. The van der Waals surface area contributed by atoms with E-state index in [0.717, 1.165) is 22.2 Å². The topological polar surface area (TPSA) is 56.7 Å². The van der Waals surface area contributed by atoms with Crippen LogP contribution in [-0.2, 0) is 6.54 Å². The van der Waals surface area contributed by atoms with E-state index < -0.39 is 0 Å². The number of aromatic nitrogens is 3. The molecule has 0 bridgehead atoms. The number of halogens is 1. The lowest BCUT2D eigenvalue weighted by Gasteiger charge is -2.36. The van der Waals surface area contributed by atoms with Gasteiger partial charge in [0.15, 0.2) is 5.65 Å². The van der Waals surface area contributed by atoms with Crippen LogP contribution in [0.3, 0.4) is 0 Å². The Hall–Kier alpha value is -0.750. The van der Waals surface area contributed by atoms with Crippen LogP contribution in [0, 0.1) is 0 Å². The minimum Gasteiger partial charge on any atom is -0.369 e. The smallest absolute Gasteiger partial charge is 0.202 e. The van der Waals surface area contributed by atoms with Crippen molar-refractivity contribution in [2.75, 3.05) is 12.0 Å². The van der Waals surface area contributed by atoms with Gasteiger partial charge in [-0.3, -0.25) is 4.57 Å². The molecule has 6 heteroatoms. The summed E-state index contributed by atoms with van der Waals surface area (Å²) in [6.45, 7) is 0.908. The highest BCUT2D eigenvalue weighted by molar-refractivity contribution is 9.10. The van der Waals surface area contributed by atoms with Gasteiger partial charge in [0.05, 0.1) is 0 Å². The van der Waals surface area contributed by atoms with Gasteiger partial charge in [-0.1, -0.05) is 19.3 Å². The third-order valence-corrected chi connectivity index (χ3v) is 6.06. The van der Waals surface area contributed by atoms with Gasteiger partial charge in [0.1, 0.15) is 5.52 Å². The van der Waals surface area contributed by atoms with Crippen molar-refractivity contribution in [2.24, 2.45) is 0 Å². The lowest BCUT2D eigenvalue weighted by atomic mass is 9.88.